The maximum absolute atomic E-state index is 10.8. The number of hydrogen-bond acceptors (Lipinski definition) is 24. The number of aliphatic hydroxyl groups is 14. The number of aliphatic hydroxyl groups excluding tert-OH is 14. The monoisotopic (exact) mass is 1050 g/mol. The molecule has 20 atom stereocenters. The Morgan fingerprint density at radius 2 is 0.557 bits per heavy atom. The van der Waals surface area contributed by atoms with E-state index in [0.717, 1.165) is 51.4 Å². The highest BCUT2D eigenvalue weighted by Gasteiger charge is 2.52. The van der Waals surface area contributed by atoms with Crippen molar-refractivity contribution in [3.05, 3.63) is 0 Å². The molecule has 14 N–H and O–H groups in total. The summed E-state index contributed by atoms with van der Waals surface area (Å²) in [7, 11) is 3.93. The van der Waals surface area contributed by atoms with Crippen LogP contribution in [0.5, 0.6) is 0 Å². The minimum Gasteiger partial charge on any atom is -0.394 e. The van der Waals surface area contributed by atoms with Crippen molar-refractivity contribution in [3.8, 4) is 0 Å². The normalized spacial score (nSPS) is 38.3. The third kappa shape index (κ3) is 19.4. The summed E-state index contributed by atoms with van der Waals surface area (Å²) in [5.74, 6) is 2.33. The largest absolute Gasteiger partial charge is 0.394 e. The number of unbranched alkanes of at least 4 members (excludes halogenated alkanes) is 16. The molecular weight excluding hydrogens is 969 g/mol. The third-order valence-corrected chi connectivity index (χ3v) is 15.9. The van der Waals surface area contributed by atoms with Crippen molar-refractivity contribution in [1.29, 1.82) is 0 Å². The predicted octanol–water partition coefficient (Wildman–Crippen LogP) is -1.33. The van der Waals surface area contributed by atoms with Crippen LogP contribution in [0.1, 0.15) is 116 Å². The Kier molecular flexibility index (Phi) is 30.7. The highest BCUT2D eigenvalue weighted by Crippen LogP contribution is 2.32. The van der Waals surface area contributed by atoms with Gasteiger partial charge in [-0.15, -0.1) is 0 Å². The summed E-state index contributed by atoms with van der Waals surface area (Å²) in [5, 5.41) is 142. The van der Waals surface area contributed by atoms with E-state index in [1.54, 1.807) is 0 Å². The molecule has 0 bridgehead atoms. The molecule has 4 fully saturated rings. The number of hydrogen-bond donors (Lipinski definition) is 14. The van der Waals surface area contributed by atoms with Crippen LogP contribution in [0.4, 0.5) is 0 Å². The molecule has 4 heterocycles. The maximum atomic E-state index is 10.8. The van der Waals surface area contributed by atoms with E-state index in [9.17, 15) is 71.5 Å². The summed E-state index contributed by atoms with van der Waals surface area (Å²) in [5.41, 5.74) is 0. The van der Waals surface area contributed by atoms with E-state index in [2.05, 4.69) is 0 Å². The van der Waals surface area contributed by atoms with Crippen LogP contribution in [0.2, 0.25) is 0 Å². The van der Waals surface area contributed by atoms with Crippen molar-refractivity contribution in [2.45, 2.75) is 238 Å². The molecule has 0 spiro atoms. The molecular formula is C46H86O22S2. The maximum Gasteiger partial charge on any atom is 0.187 e. The van der Waals surface area contributed by atoms with Crippen LogP contribution in [0.25, 0.3) is 0 Å². The third-order valence-electron chi connectivity index (χ3n) is 13.3. The van der Waals surface area contributed by atoms with Gasteiger partial charge in [-0.2, -0.15) is 0 Å². The van der Waals surface area contributed by atoms with Crippen molar-refractivity contribution in [2.75, 3.05) is 51.1 Å². The minimum absolute atomic E-state index is 0.280. The number of rotatable bonds is 35. The summed E-state index contributed by atoms with van der Waals surface area (Å²) in [6, 6.07) is 0. The highest BCUT2D eigenvalue weighted by molar-refractivity contribution is 8.76. The van der Waals surface area contributed by atoms with Crippen LogP contribution in [0.3, 0.4) is 0 Å². The summed E-state index contributed by atoms with van der Waals surface area (Å²) in [6.07, 6.45) is -9.55. The molecule has 70 heavy (non-hydrogen) atoms. The first-order valence-corrected chi connectivity index (χ1v) is 27.9. The van der Waals surface area contributed by atoms with Crippen LogP contribution >= 0.6 is 21.6 Å². The van der Waals surface area contributed by atoms with Gasteiger partial charge in [0.05, 0.1) is 26.4 Å². The van der Waals surface area contributed by atoms with E-state index in [1.165, 1.54) is 75.7 Å². The topological polar surface area (TPSA) is 357 Å². The van der Waals surface area contributed by atoms with Gasteiger partial charge in [-0.25, -0.2) is 0 Å². The second-order valence-corrected chi connectivity index (χ2v) is 21.5. The van der Waals surface area contributed by atoms with Gasteiger partial charge in [0, 0.05) is 24.7 Å². The molecule has 4 aliphatic rings. The zero-order chi connectivity index (χ0) is 51.0. The van der Waals surface area contributed by atoms with Gasteiger partial charge in [-0.05, 0) is 25.7 Å². The zero-order valence-corrected chi connectivity index (χ0v) is 41.9. The molecule has 0 aromatic rings. The number of ether oxygens (including phenoxy) is 8. The second-order valence-electron chi connectivity index (χ2n) is 18.8. The van der Waals surface area contributed by atoms with E-state index in [1.807, 2.05) is 21.6 Å². The van der Waals surface area contributed by atoms with Gasteiger partial charge in [0.25, 0.3) is 0 Å². The summed E-state index contributed by atoms with van der Waals surface area (Å²) < 4.78 is 44.5. The Morgan fingerprint density at radius 1 is 0.286 bits per heavy atom. The van der Waals surface area contributed by atoms with Crippen LogP contribution in [-0.2, 0) is 37.9 Å². The van der Waals surface area contributed by atoms with Crippen molar-refractivity contribution in [1.82, 2.24) is 0 Å². The smallest absolute Gasteiger partial charge is 0.187 e. The van der Waals surface area contributed by atoms with E-state index >= 15 is 0 Å². The minimum atomic E-state index is -1.72. The highest BCUT2D eigenvalue weighted by atomic mass is 33.1. The van der Waals surface area contributed by atoms with Crippen LogP contribution in [-0.4, -0.2) is 245 Å². The SMILES string of the molecule is OC[C@H]1O[C@@H](O[C@H]2[C@H](O)[C@@H](O)[C@H](OCCCCCCCCCCCSSCCCCCCCCCCCO[C@@H]3O[C@H](CO)[C@@H](O[C@@H]4O[C@H](CO)[C@H](O)[C@H](O)[C@H]4O)[C@H](O)[C@H]3O)O[C@@H]2CO)[C@H](O)[C@@H](O)[C@H]1O. The standard InChI is InChI=1S/C46H86O22S2/c47-23-27-31(51)33(53)37(57)45(63-27)67-41-29(25-49)65-43(39(59)35(41)55)61-19-15-11-7-3-1-5-9-13-17-21-69-70-22-18-14-10-6-2-4-8-12-16-20-62-44-40(60)36(56)42(30(26-50)66-44)68-46-38(58)34(54)32(52)28(24-48)64-46/h27-60H,1-26H2/t27-,28-,29-,30-,31+,32+,33+,34+,35-,36-,37-,38-,39-,40-,41-,42-,43-,44-,45+,46+/m1/s1. The second kappa shape index (κ2) is 34.5. The van der Waals surface area contributed by atoms with Gasteiger partial charge < -0.3 is 109 Å². The van der Waals surface area contributed by atoms with E-state index in [0.29, 0.717) is 0 Å². The van der Waals surface area contributed by atoms with Crippen LogP contribution < -0.4 is 0 Å². The first-order valence-electron chi connectivity index (χ1n) is 25.4. The average molecular weight is 1060 g/mol. The molecule has 414 valence electrons. The molecule has 0 amide bonds. The fourth-order valence-electron chi connectivity index (χ4n) is 8.90. The first-order chi connectivity index (χ1) is 33.8. The van der Waals surface area contributed by atoms with Crippen molar-refractivity contribution < 1.29 is 109 Å². The van der Waals surface area contributed by atoms with Crippen molar-refractivity contribution in [3.63, 3.8) is 0 Å². The molecule has 0 aliphatic carbocycles. The van der Waals surface area contributed by atoms with Crippen LogP contribution in [0.15, 0.2) is 0 Å². The molecule has 0 unspecified atom stereocenters. The van der Waals surface area contributed by atoms with Gasteiger partial charge in [0.1, 0.15) is 97.7 Å². The van der Waals surface area contributed by atoms with Crippen LogP contribution in [0, 0.1) is 0 Å². The van der Waals surface area contributed by atoms with E-state index < -0.39 is 149 Å². The van der Waals surface area contributed by atoms with E-state index in [4.69, 9.17) is 37.9 Å². The fraction of sp³-hybridized carbons (Fsp3) is 1.00. The summed E-state index contributed by atoms with van der Waals surface area (Å²) >= 11 is 0. The Balaban J connectivity index is 0.883. The summed E-state index contributed by atoms with van der Waals surface area (Å²) in [4.78, 5) is 0. The van der Waals surface area contributed by atoms with E-state index in [-0.39, 0.29) is 13.2 Å². The lowest BCUT2D eigenvalue weighted by Gasteiger charge is -2.45. The summed E-state index contributed by atoms with van der Waals surface area (Å²) in [6.45, 7) is -1.99. The Morgan fingerprint density at radius 3 is 0.871 bits per heavy atom. The van der Waals surface area contributed by atoms with Gasteiger partial charge in [-0.1, -0.05) is 111 Å². The van der Waals surface area contributed by atoms with Gasteiger partial charge in [-0.3, -0.25) is 0 Å². The van der Waals surface area contributed by atoms with Gasteiger partial charge >= 0.3 is 0 Å². The Labute approximate surface area is 419 Å². The fourth-order valence-corrected chi connectivity index (χ4v) is 11.2. The average Bonchev–Trinajstić information content (AvgIpc) is 3.36. The lowest BCUT2D eigenvalue weighted by Crippen LogP contribution is -2.64. The Hall–Kier alpha value is -0.180. The molecule has 4 saturated heterocycles. The lowest BCUT2D eigenvalue weighted by atomic mass is 9.97. The lowest BCUT2D eigenvalue weighted by molar-refractivity contribution is -0.359. The molecule has 0 radical (unpaired) electrons. The van der Waals surface area contributed by atoms with Gasteiger partial charge in [0.15, 0.2) is 25.2 Å². The molecule has 4 rings (SSSR count). The van der Waals surface area contributed by atoms with Crippen molar-refractivity contribution in [2.24, 2.45) is 0 Å². The molecule has 4 aliphatic heterocycles. The Bertz CT molecular complexity index is 1240. The molecule has 24 heteroatoms. The molecule has 22 nitrogen and oxygen atoms in total. The molecule has 0 aromatic heterocycles. The predicted molar refractivity (Wildman–Crippen MR) is 253 cm³/mol. The molecule has 0 saturated carbocycles. The quantitative estimate of drug-likeness (QED) is 0.0258. The zero-order valence-electron chi connectivity index (χ0n) is 40.3. The van der Waals surface area contributed by atoms with Gasteiger partial charge in [0.2, 0.25) is 0 Å². The van der Waals surface area contributed by atoms with Crippen molar-refractivity contribution >= 4 is 21.6 Å². The first kappa shape index (κ1) is 62.4. The molecule has 0 aromatic carbocycles.